The molecule has 0 aliphatic heterocycles. The van der Waals surface area contributed by atoms with Crippen molar-refractivity contribution in [3.05, 3.63) is 23.8 Å². The van der Waals surface area contributed by atoms with Gasteiger partial charge in [-0.1, -0.05) is 6.07 Å². The molecule has 84 valence electrons. The summed E-state index contributed by atoms with van der Waals surface area (Å²) in [5.74, 6) is 0.804. The van der Waals surface area contributed by atoms with Crippen LogP contribution in [0.15, 0.2) is 18.2 Å². The number of phenolic OH excluding ortho intramolecular Hbond substituents is 1. The molecule has 1 aromatic rings. The van der Waals surface area contributed by atoms with Crippen molar-refractivity contribution in [2.75, 3.05) is 13.7 Å². The molecule has 0 radical (unpaired) electrons. The van der Waals surface area contributed by atoms with Gasteiger partial charge in [-0.2, -0.15) is 0 Å². The van der Waals surface area contributed by atoms with E-state index in [-0.39, 0.29) is 11.8 Å². The minimum absolute atomic E-state index is 0.180. The van der Waals surface area contributed by atoms with Crippen LogP contribution in [0.4, 0.5) is 0 Å². The highest BCUT2D eigenvalue weighted by Gasteiger charge is 2.15. The van der Waals surface area contributed by atoms with Crippen molar-refractivity contribution in [2.45, 2.75) is 18.9 Å². The molecule has 15 heavy (non-hydrogen) atoms. The molecule has 1 rings (SSSR count). The lowest BCUT2D eigenvalue weighted by molar-refractivity contribution is 0.390. The first kappa shape index (κ1) is 11.8. The number of methoxy groups -OCH3 is 1. The molecule has 0 aliphatic rings. The number of rotatable bonds is 5. The van der Waals surface area contributed by atoms with E-state index in [2.05, 4.69) is 0 Å². The smallest absolute Gasteiger partial charge is 0.127 e. The Morgan fingerprint density at radius 1 is 1.47 bits per heavy atom. The highest BCUT2D eigenvalue weighted by molar-refractivity contribution is 5.45. The van der Waals surface area contributed by atoms with Gasteiger partial charge in [0.2, 0.25) is 0 Å². The molecular weight excluding hydrogens is 192 g/mol. The van der Waals surface area contributed by atoms with Crippen LogP contribution in [0.3, 0.4) is 0 Å². The van der Waals surface area contributed by atoms with Gasteiger partial charge in [0, 0.05) is 6.04 Å². The van der Waals surface area contributed by atoms with Gasteiger partial charge >= 0.3 is 0 Å². The standard InChI is InChI=1S/C11H18N2O2/c1-15-10-6-2-5-9(14)11(10)8(13)4-3-7-12/h2,5-6,8,14H,3-4,7,12-13H2,1H3/t8-/m1/s1. The third kappa shape index (κ3) is 2.84. The summed E-state index contributed by atoms with van der Waals surface area (Å²) >= 11 is 0. The normalized spacial score (nSPS) is 12.5. The predicted octanol–water partition coefficient (Wildman–Crippen LogP) is 1.14. The van der Waals surface area contributed by atoms with E-state index in [1.165, 1.54) is 0 Å². The number of nitrogens with two attached hydrogens (primary N) is 2. The van der Waals surface area contributed by atoms with E-state index in [1.807, 2.05) is 0 Å². The van der Waals surface area contributed by atoms with Gasteiger partial charge in [0.1, 0.15) is 11.5 Å². The van der Waals surface area contributed by atoms with Crippen LogP contribution in [0.2, 0.25) is 0 Å². The number of ether oxygens (including phenoxy) is 1. The third-order valence-corrected chi connectivity index (χ3v) is 2.35. The fraction of sp³-hybridized carbons (Fsp3) is 0.455. The molecule has 1 aromatic carbocycles. The Kier molecular flexibility index (Phi) is 4.39. The van der Waals surface area contributed by atoms with Crippen molar-refractivity contribution in [3.63, 3.8) is 0 Å². The Bertz CT molecular complexity index is 315. The Hall–Kier alpha value is -1.26. The summed E-state index contributed by atoms with van der Waals surface area (Å²) < 4.78 is 5.16. The zero-order valence-corrected chi connectivity index (χ0v) is 8.94. The molecule has 4 heteroatoms. The summed E-state index contributed by atoms with van der Waals surface area (Å²) in [5, 5.41) is 9.70. The average molecular weight is 210 g/mol. The number of hydrogen-bond donors (Lipinski definition) is 3. The minimum Gasteiger partial charge on any atom is -0.507 e. The maximum absolute atomic E-state index is 9.70. The number of hydrogen-bond acceptors (Lipinski definition) is 4. The van der Waals surface area contributed by atoms with Crippen molar-refractivity contribution in [1.29, 1.82) is 0 Å². The molecule has 0 amide bonds. The fourth-order valence-corrected chi connectivity index (χ4v) is 1.57. The lowest BCUT2D eigenvalue weighted by atomic mass is 10.0. The molecule has 0 aliphatic carbocycles. The van der Waals surface area contributed by atoms with Gasteiger partial charge in [-0.05, 0) is 31.5 Å². The molecule has 0 unspecified atom stereocenters. The third-order valence-electron chi connectivity index (χ3n) is 2.35. The lowest BCUT2D eigenvalue weighted by Gasteiger charge is -2.16. The van der Waals surface area contributed by atoms with Gasteiger partial charge in [0.05, 0.1) is 12.7 Å². The number of aromatic hydroxyl groups is 1. The minimum atomic E-state index is -0.232. The Balaban J connectivity index is 2.90. The fourth-order valence-electron chi connectivity index (χ4n) is 1.57. The van der Waals surface area contributed by atoms with E-state index in [0.29, 0.717) is 17.9 Å². The number of phenols is 1. The van der Waals surface area contributed by atoms with E-state index in [1.54, 1.807) is 25.3 Å². The molecule has 0 fully saturated rings. The summed E-state index contributed by atoms with van der Waals surface area (Å²) in [6.07, 6.45) is 1.57. The monoisotopic (exact) mass is 210 g/mol. The summed E-state index contributed by atoms with van der Waals surface area (Å²) in [6.45, 7) is 0.601. The summed E-state index contributed by atoms with van der Waals surface area (Å²) in [4.78, 5) is 0. The van der Waals surface area contributed by atoms with E-state index >= 15 is 0 Å². The molecule has 0 spiro atoms. The van der Waals surface area contributed by atoms with Crippen molar-refractivity contribution >= 4 is 0 Å². The van der Waals surface area contributed by atoms with Crippen molar-refractivity contribution in [2.24, 2.45) is 11.5 Å². The second-order valence-corrected chi connectivity index (χ2v) is 3.43. The average Bonchev–Trinajstić information content (AvgIpc) is 2.25. The zero-order valence-electron chi connectivity index (χ0n) is 8.94. The van der Waals surface area contributed by atoms with Crippen LogP contribution in [0, 0.1) is 0 Å². The van der Waals surface area contributed by atoms with E-state index in [9.17, 15) is 5.11 Å². The van der Waals surface area contributed by atoms with Crippen LogP contribution in [-0.4, -0.2) is 18.8 Å². The second kappa shape index (κ2) is 5.58. The second-order valence-electron chi connectivity index (χ2n) is 3.43. The van der Waals surface area contributed by atoms with E-state index in [0.717, 1.165) is 12.8 Å². The molecule has 0 aromatic heterocycles. The van der Waals surface area contributed by atoms with Crippen LogP contribution < -0.4 is 16.2 Å². The largest absolute Gasteiger partial charge is 0.507 e. The van der Waals surface area contributed by atoms with Gasteiger partial charge in [-0.15, -0.1) is 0 Å². The van der Waals surface area contributed by atoms with E-state index < -0.39 is 0 Å². The maximum atomic E-state index is 9.70. The van der Waals surface area contributed by atoms with Crippen LogP contribution in [0.1, 0.15) is 24.4 Å². The number of benzene rings is 1. The summed E-state index contributed by atoms with van der Waals surface area (Å²) in [5.41, 5.74) is 12.0. The SMILES string of the molecule is COc1cccc(O)c1[C@H](N)CCCN. The molecule has 1 atom stereocenters. The highest BCUT2D eigenvalue weighted by Crippen LogP contribution is 2.33. The van der Waals surface area contributed by atoms with Crippen LogP contribution in [0.25, 0.3) is 0 Å². The summed E-state index contributed by atoms with van der Waals surface area (Å²) in [7, 11) is 1.56. The lowest BCUT2D eigenvalue weighted by Crippen LogP contribution is -2.13. The zero-order chi connectivity index (χ0) is 11.3. The first-order chi connectivity index (χ1) is 7.20. The van der Waals surface area contributed by atoms with Crippen molar-refractivity contribution in [3.8, 4) is 11.5 Å². The van der Waals surface area contributed by atoms with Crippen molar-refractivity contribution < 1.29 is 9.84 Å². The van der Waals surface area contributed by atoms with Crippen LogP contribution >= 0.6 is 0 Å². The first-order valence-electron chi connectivity index (χ1n) is 5.02. The van der Waals surface area contributed by atoms with E-state index in [4.69, 9.17) is 16.2 Å². The van der Waals surface area contributed by atoms with Gasteiger partial charge in [0.25, 0.3) is 0 Å². The quantitative estimate of drug-likeness (QED) is 0.680. The molecule has 0 saturated heterocycles. The van der Waals surface area contributed by atoms with Crippen molar-refractivity contribution in [1.82, 2.24) is 0 Å². The molecule has 0 bridgehead atoms. The topological polar surface area (TPSA) is 81.5 Å². The Morgan fingerprint density at radius 3 is 2.80 bits per heavy atom. The van der Waals surface area contributed by atoms with Gasteiger partial charge in [0.15, 0.2) is 0 Å². The molecule has 0 heterocycles. The highest BCUT2D eigenvalue weighted by atomic mass is 16.5. The molecular formula is C11H18N2O2. The van der Waals surface area contributed by atoms with Crippen LogP contribution in [-0.2, 0) is 0 Å². The Morgan fingerprint density at radius 2 is 2.20 bits per heavy atom. The molecule has 4 nitrogen and oxygen atoms in total. The predicted molar refractivity (Wildman–Crippen MR) is 59.9 cm³/mol. The van der Waals surface area contributed by atoms with Gasteiger partial charge in [-0.25, -0.2) is 0 Å². The maximum Gasteiger partial charge on any atom is 0.127 e. The Labute approximate surface area is 89.8 Å². The van der Waals surface area contributed by atoms with Gasteiger partial charge in [-0.3, -0.25) is 0 Å². The molecule has 5 N–H and O–H groups in total. The first-order valence-corrected chi connectivity index (χ1v) is 5.02. The van der Waals surface area contributed by atoms with Gasteiger partial charge < -0.3 is 21.3 Å². The summed E-state index contributed by atoms with van der Waals surface area (Å²) in [6, 6.07) is 4.90. The molecule has 0 saturated carbocycles. The van der Waals surface area contributed by atoms with Crippen LogP contribution in [0.5, 0.6) is 11.5 Å².